The van der Waals surface area contributed by atoms with Crippen molar-refractivity contribution in [2.75, 3.05) is 19.8 Å². The minimum Gasteiger partial charge on any atom is -0.490 e. The summed E-state index contributed by atoms with van der Waals surface area (Å²) in [6, 6.07) is 5.85. The molecular formula is C20H25N3O5S. The highest BCUT2D eigenvalue weighted by Crippen LogP contribution is 2.38. The third-order valence-electron chi connectivity index (χ3n) is 5.49. The van der Waals surface area contributed by atoms with Crippen molar-refractivity contribution in [2.24, 2.45) is 4.40 Å². The van der Waals surface area contributed by atoms with E-state index in [1.807, 2.05) is 23.1 Å². The zero-order valence-electron chi connectivity index (χ0n) is 16.6. The lowest BCUT2D eigenvalue weighted by molar-refractivity contribution is -0.131. The summed E-state index contributed by atoms with van der Waals surface area (Å²) in [6.45, 7) is 5.21. The maximum Gasteiger partial charge on any atom is 0.342 e. The molecule has 1 aromatic rings. The lowest BCUT2D eigenvalue weighted by Crippen LogP contribution is -2.34. The maximum absolute atomic E-state index is 13.1. The van der Waals surface area contributed by atoms with Crippen molar-refractivity contribution >= 4 is 21.8 Å². The monoisotopic (exact) mass is 419 g/mol. The number of hydrogen-bond acceptors (Lipinski definition) is 5. The molecule has 3 aliphatic rings. The van der Waals surface area contributed by atoms with Crippen LogP contribution in [0.25, 0.3) is 0 Å². The number of ether oxygens (including phenoxy) is 2. The molecule has 8 nitrogen and oxygen atoms in total. The van der Waals surface area contributed by atoms with E-state index in [0.29, 0.717) is 36.7 Å². The number of carbonyl (C=O) groups excluding carboxylic acids is 1. The van der Waals surface area contributed by atoms with Gasteiger partial charge in [0.2, 0.25) is 5.91 Å². The quantitative estimate of drug-likeness (QED) is 0.812. The van der Waals surface area contributed by atoms with E-state index in [1.165, 1.54) is 0 Å². The first-order valence-corrected chi connectivity index (χ1v) is 11.3. The predicted octanol–water partition coefficient (Wildman–Crippen LogP) is 2.48. The van der Waals surface area contributed by atoms with Crippen LogP contribution in [0.5, 0.6) is 11.5 Å². The van der Waals surface area contributed by atoms with Crippen LogP contribution in [-0.4, -0.2) is 44.7 Å². The minimum atomic E-state index is -3.70. The molecule has 4 rings (SSSR count). The van der Waals surface area contributed by atoms with Gasteiger partial charge in [0.1, 0.15) is 0 Å². The SMILES string of the molecule is CC1=NS(=O)(=O)NC(C)=C1CC(=O)N1CCC[C@H]1c1ccc2c(c1)OCCCO2. The normalized spacial score (nSPS) is 23.3. The average molecular weight is 420 g/mol. The summed E-state index contributed by atoms with van der Waals surface area (Å²) in [7, 11) is -3.70. The molecule has 0 radical (unpaired) electrons. The number of fused-ring (bicyclic) bond motifs is 1. The van der Waals surface area contributed by atoms with Gasteiger partial charge in [-0.05, 0) is 44.4 Å². The van der Waals surface area contributed by atoms with Crippen LogP contribution < -0.4 is 14.2 Å². The van der Waals surface area contributed by atoms with Crippen molar-refractivity contribution < 1.29 is 22.7 Å². The molecule has 1 aromatic carbocycles. The molecule has 0 saturated carbocycles. The average Bonchev–Trinajstić information content (AvgIpc) is 3.02. The zero-order chi connectivity index (χ0) is 20.6. The van der Waals surface area contributed by atoms with Crippen LogP contribution in [0.2, 0.25) is 0 Å². The van der Waals surface area contributed by atoms with Gasteiger partial charge in [-0.15, -0.1) is 4.40 Å². The highest BCUT2D eigenvalue weighted by Gasteiger charge is 2.32. The number of nitrogens with one attached hydrogen (secondary N) is 1. The largest absolute Gasteiger partial charge is 0.490 e. The number of likely N-dealkylation sites (tertiary alicyclic amines) is 1. The van der Waals surface area contributed by atoms with Gasteiger partial charge >= 0.3 is 10.2 Å². The summed E-state index contributed by atoms with van der Waals surface area (Å²) in [6.07, 6.45) is 2.76. The van der Waals surface area contributed by atoms with Gasteiger partial charge in [0.15, 0.2) is 11.5 Å². The molecule has 9 heteroatoms. The summed E-state index contributed by atoms with van der Waals surface area (Å²) >= 11 is 0. The van der Waals surface area contributed by atoms with Gasteiger partial charge < -0.3 is 14.4 Å². The van der Waals surface area contributed by atoms with Gasteiger partial charge in [-0.3, -0.25) is 9.52 Å². The van der Waals surface area contributed by atoms with Crippen LogP contribution in [-0.2, 0) is 15.0 Å². The summed E-state index contributed by atoms with van der Waals surface area (Å²) in [5.74, 6) is 1.43. The molecule has 0 spiro atoms. The Morgan fingerprint density at radius 1 is 1.21 bits per heavy atom. The highest BCUT2D eigenvalue weighted by molar-refractivity contribution is 7.88. The second kappa shape index (κ2) is 7.70. The second-order valence-corrected chi connectivity index (χ2v) is 8.87. The van der Waals surface area contributed by atoms with Crippen LogP contribution in [0.15, 0.2) is 33.9 Å². The molecule has 1 saturated heterocycles. The molecule has 156 valence electrons. The van der Waals surface area contributed by atoms with Gasteiger partial charge in [-0.2, -0.15) is 8.42 Å². The van der Waals surface area contributed by atoms with E-state index in [4.69, 9.17) is 9.47 Å². The third-order valence-corrected chi connectivity index (χ3v) is 6.56. The van der Waals surface area contributed by atoms with E-state index in [-0.39, 0.29) is 18.4 Å². The van der Waals surface area contributed by atoms with Crippen molar-refractivity contribution in [1.82, 2.24) is 9.62 Å². The molecular weight excluding hydrogens is 394 g/mol. The molecule has 3 aliphatic heterocycles. The summed E-state index contributed by atoms with van der Waals surface area (Å²) in [5.41, 5.74) is 2.48. The fraction of sp³-hybridized carbons (Fsp3) is 0.500. The van der Waals surface area contributed by atoms with Gasteiger partial charge in [0, 0.05) is 24.2 Å². The lowest BCUT2D eigenvalue weighted by Gasteiger charge is -2.27. The first-order chi connectivity index (χ1) is 13.8. The van der Waals surface area contributed by atoms with E-state index >= 15 is 0 Å². The van der Waals surface area contributed by atoms with Crippen molar-refractivity contribution in [3.05, 3.63) is 35.0 Å². The highest BCUT2D eigenvalue weighted by atomic mass is 32.2. The van der Waals surface area contributed by atoms with Gasteiger partial charge in [0.05, 0.1) is 31.4 Å². The van der Waals surface area contributed by atoms with E-state index in [0.717, 1.165) is 36.3 Å². The molecule has 0 unspecified atom stereocenters. The van der Waals surface area contributed by atoms with Crippen molar-refractivity contribution in [2.45, 2.75) is 45.6 Å². The Morgan fingerprint density at radius 2 is 1.97 bits per heavy atom. The van der Waals surface area contributed by atoms with E-state index in [1.54, 1.807) is 13.8 Å². The number of benzene rings is 1. The first-order valence-electron chi connectivity index (χ1n) is 9.82. The summed E-state index contributed by atoms with van der Waals surface area (Å²) in [5, 5.41) is 0. The molecule has 1 atom stereocenters. The molecule has 29 heavy (non-hydrogen) atoms. The van der Waals surface area contributed by atoms with Crippen molar-refractivity contribution in [3.8, 4) is 11.5 Å². The number of carbonyl (C=O) groups is 1. The van der Waals surface area contributed by atoms with Gasteiger partial charge in [0.25, 0.3) is 0 Å². The van der Waals surface area contributed by atoms with Gasteiger partial charge in [-0.1, -0.05) is 6.07 Å². The Hall–Kier alpha value is -2.55. The van der Waals surface area contributed by atoms with E-state index < -0.39 is 10.2 Å². The Labute approximate surface area is 170 Å². The molecule has 1 N–H and O–H groups in total. The summed E-state index contributed by atoms with van der Waals surface area (Å²) < 4.78 is 40.9. The fourth-order valence-electron chi connectivity index (χ4n) is 4.10. The second-order valence-electron chi connectivity index (χ2n) is 7.54. The number of allylic oxidation sites excluding steroid dienone is 1. The fourth-order valence-corrected chi connectivity index (χ4v) is 5.12. The summed E-state index contributed by atoms with van der Waals surface area (Å²) in [4.78, 5) is 15.0. The van der Waals surface area contributed by atoms with Crippen LogP contribution >= 0.6 is 0 Å². The number of hydrogen-bond donors (Lipinski definition) is 1. The van der Waals surface area contributed by atoms with Crippen LogP contribution in [0.4, 0.5) is 0 Å². The zero-order valence-corrected chi connectivity index (χ0v) is 17.4. The van der Waals surface area contributed by atoms with Gasteiger partial charge in [-0.25, -0.2) is 0 Å². The molecule has 3 heterocycles. The molecule has 0 aliphatic carbocycles. The van der Waals surface area contributed by atoms with Crippen LogP contribution in [0, 0.1) is 0 Å². The van der Waals surface area contributed by atoms with Crippen molar-refractivity contribution in [1.29, 1.82) is 0 Å². The third kappa shape index (κ3) is 4.10. The maximum atomic E-state index is 13.1. The van der Waals surface area contributed by atoms with Crippen LogP contribution in [0.3, 0.4) is 0 Å². The van der Waals surface area contributed by atoms with E-state index in [9.17, 15) is 13.2 Å². The van der Waals surface area contributed by atoms with Crippen molar-refractivity contribution in [3.63, 3.8) is 0 Å². The Kier molecular flexibility index (Phi) is 5.24. The Morgan fingerprint density at radius 3 is 2.72 bits per heavy atom. The Bertz CT molecular complexity index is 999. The first kappa shape index (κ1) is 19.8. The molecule has 0 aromatic heterocycles. The Balaban J connectivity index is 1.54. The topological polar surface area (TPSA) is 97.3 Å². The lowest BCUT2D eigenvalue weighted by atomic mass is 10.0. The number of rotatable bonds is 3. The number of amides is 1. The predicted molar refractivity (Wildman–Crippen MR) is 108 cm³/mol. The molecule has 1 fully saturated rings. The number of nitrogens with zero attached hydrogens (tertiary/aromatic N) is 2. The minimum absolute atomic E-state index is 0.0295. The molecule has 0 bridgehead atoms. The van der Waals surface area contributed by atoms with E-state index in [2.05, 4.69) is 9.12 Å². The molecule has 1 amide bonds. The van der Waals surface area contributed by atoms with Crippen LogP contribution in [0.1, 0.15) is 51.1 Å². The standard InChI is InChI=1S/C20H25N3O5S/c1-13-16(14(2)22-29(25,26)21-13)12-20(24)23-8-3-5-17(23)15-6-7-18-19(11-15)28-10-4-9-27-18/h6-7,11,17,21H,3-5,8-10,12H2,1-2H3/t17-/m0/s1. The smallest absolute Gasteiger partial charge is 0.342 e.